The minimum absolute atomic E-state index is 0.105. The predicted molar refractivity (Wildman–Crippen MR) is 82.7 cm³/mol. The van der Waals surface area contributed by atoms with E-state index in [1.54, 1.807) is 0 Å². The van der Waals surface area contributed by atoms with E-state index < -0.39 is 11.0 Å². The molecular formula is C14H19ClN2O5. The van der Waals surface area contributed by atoms with Crippen molar-refractivity contribution in [2.75, 3.05) is 13.6 Å². The van der Waals surface area contributed by atoms with Crippen molar-refractivity contribution in [3.05, 3.63) is 33.3 Å². The van der Waals surface area contributed by atoms with Gasteiger partial charge in [0.05, 0.1) is 4.92 Å². The lowest BCUT2D eigenvalue weighted by atomic mass is 10.1. The van der Waals surface area contributed by atoms with E-state index in [1.165, 1.54) is 25.2 Å². The minimum atomic E-state index is -1.02. The zero-order valence-electron chi connectivity index (χ0n) is 12.5. The maximum absolute atomic E-state index is 11.0. The molecule has 1 aromatic carbocycles. The van der Waals surface area contributed by atoms with Crippen molar-refractivity contribution in [1.29, 1.82) is 0 Å². The van der Waals surface area contributed by atoms with Crippen LogP contribution in [-0.4, -0.2) is 40.7 Å². The molecule has 0 aromatic heterocycles. The van der Waals surface area contributed by atoms with Crippen molar-refractivity contribution >= 4 is 23.4 Å². The number of nitro groups is 1. The third-order valence-electron chi connectivity index (χ3n) is 3.14. The average molecular weight is 331 g/mol. The van der Waals surface area contributed by atoms with Crippen molar-refractivity contribution in [2.45, 2.75) is 32.3 Å². The number of nitrogens with zero attached hydrogens (tertiary/aromatic N) is 2. The first-order valence-corrected chi connectivity index (χ1v) is 7.27. The van der Waals surface area contributed by atoms with Crippen LogP contribution in [0.15, 0.2) is 18.2 Å². The number of amides is 1. The molecule has 0 saturated heterocycles. The van der Waals surface area contributed by atoms with E-state index in [0.29, 0.717) is 17.9 Å². The quantitative estimate of drug-likeness (QED) is 0.578. The van der Waals surface area contributed by atoms with Crippen molar-refractivity contribution in [1.82, 2.24) is 4.90 Å². The highest BCUT2D eigenvalue weighted by Crippen LogP contribution is 2.31. The normalized spacial score (nSPS) is 11.8. The van der Waals surface area contributed by atoms with Crippen LogP contribution in [0.5, 0.6) is 5.75 Å². The van der Waals surface area contributed by atoms with E-state index in [-0.39, 0.29) is 24.1 Å². The van der Waals surface area contributed by atoms with Gasteiger partial charge in [-0.05, 0) is 12.5 Å². The molecule has 0 spiro atoms. The monoisotopic (exact) mass is 330 g/mol. The van der Waals surface area contributed by atoms with Gasteiger partial charge in [-0.1, -0.05) is 24.9 Å². The average Bonchev–Trinajstić information content (AvgIpc) is 2.44. The lowest BCUT2D eigenvalue weighted by Crippen LogP contribution is -2.30. The summed E-state index contributed by atoms with van der Waals surface area (Å²) in [6.07, 6.45) is 0.584. The Morgan fingerprint density at radius 1 is 1.50 bits per heavy atom. The van der Waals surface area contributed by atoms with Gasteiger partial charge in [-0.15, -0.1) is 0 Å². The number of nitro benzene ring substituents is 1. The third-order valence-corrected chi connectivity index (χ3v) is 3.37. The van der Waals surface area contributed by atoms with Crippen LogP contribution in [0.4, 0.5) is 10.5 Å². The molecule has 1 rings (SSSR count). The fourth-order valence-corrected chi connectivity index (χ4v) is 2.09. The van der Waals surface area contributed by atoms with Crippen molar-refractivity contribution in [2.24, 2.45) is 0 Å². The molecule has 0 heterocycles. The van der Waals surface area contributed by atoms with Gasteiger partial charge >= 0.3 is 11.8 Å². The summed E-state index contributed by atoms with van der Waals surface area (Å²) in [6.45, 7) is 2.25. The van der Waals surface area contributed by atoms with Gasteiger partial charge in [0.1, 0.15) is 6.10 Å². The van der Waals surface area contributed by atoms with E-state index in [0.717, 1.165) is 11.3 Å². The van der Waals surface area contributed by atoms with E-state index in [4.69, 9.17) is 21.4 Å². The summed E-state index contributed by atoms with van der Waals surface area (Å²) >= 11 is 5.86. The summed E-state index contributed by atoms with van der Waals surface area (Å²) in [6, 6.07) is 4.13. The lowest BCUT2D eigenvalue weighted by Gasteiger charge is -2.21. The second-order valence-corrected chi connectivity index (χ2v) is 5.33. The topological polar surface area (TPSA) is 92.9 Å². The summed E-state index contributed by atoms with van der Waals surface area (Å²) in [5.74, 6) is 0.105. The highest BCUT2D eigenvalue weighted by Gasteiger charge is 2.20. The molecule has 1 aromatic rings. The van der Waals surface area contributed by atoms with Crippen LogP contribution < -0.4 is 4.74 Å². The molecule has 1 atom stereocenters. The van der Waals surface area contributed by atoms with Gasteiger partial charge in [-0.25, -0.2) is 4.79 Å². The fourth-order valence-electron chi connectivity index (χ4n) is 1.93. The van der Waals surface area contributed by atoms with E-state index in [2.05, 4.69) is 0 Å². The third kappa shape index (κ3) is 5.40. The molecule has 0 radical (unpaired) electrons. The summed E-state index contributed by atoms with van der Waals surface area (Å²) in [7, 11) is 1.47. The molecule has 0 aliphatic rings. The van der Waals surface area contributed by atoms with Crippen LogP contribution in [0.2, 0.25) is 5.02 Å². The number of carbonyl (C=O) groups is 1. The maximum atomic E-state index is 11.0. The number of carboxylic acid groups (broad SMARTS) is 1. The van der Waals surface area contributed by atoms with Gasteiger partial charge in [0.2, 0.25) is 0 Å². The first kappa shape index (κ1) is 18.0. The van der Waals surface area contributed by atoms with Crippen LogP contribution >= 0.6 is 11.6 Å². The summed E-state index contributed by atoms with van der Waals surface area (Å²) in [5.41, 5.74) is -0.155. The second-order valence-electron chi connectivity index (χ2n) is 4.89. The first-order valence-electron chi connectivity index (χ1n) is 6.89. The Kier molecular flexibility index (Phi) is 6.91. The molecule has 122 valence electrons. The molecule has 0 saturated carbocycles. The Morgan fingerprint density at radius 3 is 2.73 bits per heavy atom. The molecular weight excluding hydrogens is 312 g/mol. The molecule has 7 nitrogen and oxygen atoms in total. The number of halogens is 1. The Labute approximate surface area is 133 Å². The molecule has 1 unspecified atom stereocenters. The zero-order valence-corrected chi connectivity index (χ0v) is 13.2. The largest absolute Gasteiger partial charge is 0.483 e. The fraction of sp³-hybridized carbons (Fsp3) is 0.500. The predicted octanol–water partition coefficient (Wildman–Crippen LogP) is 3.80. The molecule has 0 aliphatic heterocycles. The Hall–Kier alpha value is -2.02. The van der Waals surface area contributed by atoms with Gasteiger partial charge in [-0.2, -0.15) is 0 Å². The van der Waals surface area contributed by atoms with Crippen molar-refractivity contribution < 1.29 is 19.6 Å². The zero-order chi connectivity index (χ0) is 16.7. The van der Waals surface area contributed by atoms with Crippen LogP contribution in [0.25, 0.3) is 0 Å². The number of rotatable bonds is 8. The molecule has 8 heteroatoms. The number of benzene rings is 1. The van der Waals surface area contributed by atoms with E-state index in [9.17, 15) is 14.9 Å². The van der Waals surface area contributed by atoms with Gasteiger partial charge in [0, 0.05) is 37.2 Å². The van der Waals surface area contributed by atoms with Gasteiger partial charge in [-0.3, -0.25) is 10.1 Å². The molecule has 0 bridgehead atoms. The summed E-state index contributed by atoms with van der Waals surface area (Å²) in [5, 5.41) is 20.2. The highest BCUT2D eigenvalue weighted by molar-refractivity contribution is 6.30. The Bertz CT molecular complexity index is 538. The van der Waals surface area contributed by atoms with E-state index in [1.807, 2.05) is 6.92 Å². The SMILES string of the molecule is CCCC(CCN(C)C(=O)O)Oc1cc(Cl)ccc1[N+](=O)[O-]. The molecule has 1 N–H and O–H groups in total. The van der Waals surface area contributed by atoms with Gasteiger partial charge in [0.15, 0.2) is 5.75 Å². The molecule has 22 heavy (non-hydrogen) atoms. The lowest BCUT2D eigenvalue weighted by molar-refractivity contribution is -0.386. The number of hydrogen-bond acceptors (Lipinski definition) is 4. The molecule has 0 aliphatic carbocycles. The Balaban J connectivity index is 2.84. The molecule has 0 fully saturated rings. The van der Waals surface area contributed by atoms with Crippen LogP contribution in [-0.2, 0) is 0 Å². The summed E-state index contributed by atoms with van der Waals surface area (Å²) in [4.78, 5) is 22.4. The molecule has 1 amide bonds. The highest BCUT2D eigenvalue weighted by atomic mass is 35.5. The summed E-state index contributed by atoms with van der Waals surface area (Å²) < 4.78 is 5.71. The van der Waals surface area contributed by atoms with Crippen molar-refractivity contribution in [3.63, 3.8) is 0 Å². The van der Waals surface area contributed by atoms with Crippen LogP contribution in [0.3, 0.4) is 0 Å². The smallest absolute Gasteiger partial charge is 0.407 e. The Morgan fingerprint density at radius 2 is 2.18 bits per heavy atom. The second kappa shape index (κ2) is 8.43. The van der Waals surface area contributed by atoms with Crippen LogP contribution in [0.1, 0.15) is 26.2 Å². The first-order chi connectivity index (χ1) is 10.3. The van der Waals surface area contributed by atoms with E-state index >= 15 is 0 Å². The van der Waals surface area contributed by atoms with Crippen molar-refractivity contribution in [3.8, 4) is 5.75 Å². The standard InChI is InChI=1S/C14H19ClN2O5/c1-3-4-11(7-8-16(2)14(18)19)22-13-9-10(15)5-6-12(13)17(20)21/h5-6,9,11H,3-4,7-8H2,1-2H3,(H,18,19). The van der Waals surface area contributed by atoms with Crippen LogP contribution in [0, 0.1) is 10.1 Å². The van der Waals surface area contributed by atoms with Gasteiger partial charge in [0.25, 0.3) is 0 Å². The number of ether oxygens (including phenoxy) is 1. The number of hydrogen-bond donors (Lipinski definition) is 1. The maximum Gasteiger partial charge on any atom is 0.407 e. The van der Waals surface area contributed by atoms with Gasteiger partial charge < -0.3 is 14.7 Å². The minimum Gasteiger partial charge on any atom is -0.483 e.